The van der Waals surface area contributed by atoms with Crippen LogP contribution in [0.5, 0.6) is 0 Å². The number of halogens is 2. The molecular weight excluding hydrogens is 1110 g/mol. The van der Waals surface area contributed by atoms with Gasteiger partial charge in [-0.25, -0.2) is 0 Å². The van der Waals surface area contributed by atoms with Gasteiger partial charge in [0.05, 0.1) is 0 Å². The van der Waals surface area contributed by atoms with Gasteiger partial charge < -0.3 is 0 Å². The van der Waals surface area contributed by atoms with Crippen molar-refractivity contribution in [1.82, 2.24) is 9.97 Å². The fourth-order valence-corrected chi connectivity index (χ4v) is 28.1. The van der Waals surface area contributed by atoms with Gasteiger partial charge in [0.15, 0.2) is 0 Å². The van der Waals surface area contributed by atoms with Gasteiger partial charge >= 0.3 is 360 Å². The molecule has 0 fully saturated rings. The minimum absolute atomic E-state index is 1.07. The molecule has 0 spiro atoms. The molecule has 310 valence electrons. The molecule has 5 rings (SSSR count). The summed E-state index contributed by atoms with van der Waals surface area (Å²) in [6, 6.07) is 5.05. The second-order valence-electron chi connectivity index (χ2n) is 18.3. The number of hydrogen-bond acceptors (Lipinski definition) is 6. The Morgan fingerprint density at radius 1 is 0.446 bits per heavy atom. The van der Waals surface area contributed by atoms with Gasteiger partial charge in [-0.3, -0.25) is 0 Å². The van der Waals surface area contributed by atoms with Crippen LogP contribution in [0.2, 0.25) is 29.6 Å². The van der Waals surface area contributed by atoms with E-state index in [2.05, 4.69) is 110 Å². The van der Waals surface area contributed by atoms with E-state index in [9.17, 15) is 0 Å². The van der Waals surface area contributed by atoms with Crippen molar-refractivity contribution in [3.05, 3.63) is 32.2 Å². The molecule has 0 radical (unpaired) electrons. The fourth-order valence-electron chi connectivity index (χ4n) is 7.98. The van der Waals surface area contributed by atoms with E-state index in [-0.39, 0.29) is 0 Å². The molecule has 0 saturated heterocycles. The molecule has 0 aliphatic rings. The van der Waals surface area contributed by atoms with Crippen LogP contribution in [-0.4, -0.2) is 46.7 Å². The second kappa shape index (κ2) is 23.4. The summed E-state index contributed by atoms with van der Waals surface area (Å²) in [6.07, 6.45) is 30.3. The zero-order valence-corrected chi connectivity index (χ0v) is 48.1. The molecule has 0 amide bonds. The fraction of sp³-hybridized carbons (Fsp3) is 0.652. The Morgan fingerprint density at radius 3 is 1.05 bits per heavy atom. The van der Waals surface area contributed by atoms with Crippen molar-refractivity contribution in [1.29, 1.82) is 0 Å². The Kier molecular flexibility index (Phi) is 20.1. The first-order chi connectivity index (χ1) is 26.8. The van der Waals surface area contributed by atoms with Gasteiger partial charge in [0.1, 0.15) is 0 Å². The molecule has 4 aromatic heterocycles. The van der Waals surface area contributed by atoms with Crippen molar-refractivity contribution in [3.63, 3.8) is 0 Å². The molecule has 10 heteroatoms. The van der Waals surface area contributed by atoms with Crippen LogP contribution in [0, 0.1) is 0 Å². The molecule has 4 heterocycles. The van der Waals surface area contributed by atoms with E-state index in [0.717, 1.165) is 30.0 Å². The Bertz CT molecular complexity index is 1770. The topological polar surface area (TPSA) is 25.8 Å². The van der Waals surface area contributed by atoms with Crippen LogP contribution in [0.15, 0.2) is 21.1 Å². The summed E-state index contributed by atoms with van der Waals surface area (Å²) in [5.74, 6) is 0. The van der Waals surface area contributed by atoms with Crippen molar-refractivity contribution in [2.45, 2.75) is 185 Å². The molecule has 0 saturated carbocycles. The van der Waals surface area contributed by atoms with Crippen molar-refractivity contribution in [3.8, 4) is 19.8 Å². The Hall–Kier alpha value is 0.957. The number of thiazole rings is 2. The van der Waals surface area contributed by atoms with Crippen LogP contribution >= 0.6 is 77.2 Å². The summed E-state index contributed by atoms with van der Waals surface area (Å²) in [5.41, 5.74) is 5.40. The third-order valence-electron chi connectivity index (χ3n) is 11.1. The molecule has 1 aromatic carbocycles. The van der Waals surface area contributed by atoms with Crippen LogP contribution < -0.4 is 5.79 Å². The zero-order chi connectivity index (χ0) is 40.3. The summed E-state index contributed by atoms with van der Waals surface area (Å²) in [7, 11) is 0. The second-order valence-corrected chi connectivity index (χ2v) is 54.6. The van der Waals surface area contributed by atoms with Crippen molar-refractivity contribution >= 4 is 140 Å². The molecule has 5 aromatic rings. The number of unbranched alkanes of at least 4 members (excludes halogenated alkanes) is 18. The van der Waals surface area contributed by atoms with Gasteiger partial charge in [-0.15, -0.1) is 0 Å². The number of rotatable bonds is 26. The first kappa shape index (κ1) is 48.0. The van der Waals surface area contributed by atoms with E-state index < -0.39 is 36.8 Å². The number of fused-ring (bicyclic) bond motifs is 2. The van der Waals surface area contributed by atoms with Crippen LogP contribution in [0.4, 0.5) is 0 Å². The quantitative estimate of drug-likeness (QED) is 0.0407. The van der Waals surface area contributed by atoms with Crippen molar-refractivity contribution < 1.29 is 0 Å². The molecule has 0 aliphatic heterocycles. The molecule has 0 N–H and O–H groups in total. The average Bonchev–Trinajstić information content (AvgIpc) is 3.96. The van der Waals surface area contributed by atoms with E-state index in [4.69, 9.17) is 9.97 Å². The van der Waals surface area contributed by atoms with Gasteiger partial charge in [0.2, 0.25) is 0 Å². The maximum absolute atomic E-state index is 5.36. The molecule has 56 heavy (non-hydrogen) atoms. The maximum atomic E-state index is 5.36. The van der Waals surface area contributed by atoms with Gasteiger partial charge in [-0.05, 0) is 0 Å². The van der Waals surface area contributed by atoms with Crippen LogP contribution in [0.1, 0.15) is 153 Å². The van der Waals surface area contributed by atoms with E-state index in [0.29, 0.717) is 0 Å². The predicted octanol–water partition coefficient (Wildman–Crippen LogP) is 17.9. The molecule has 0 aliphatic carbocycles. The summed E-state index contributed by atoms with van der Waals surface area (Å²) >= 11 is 11.3. The third kappa shape index (κ3) is 13.5. The van der Waals surface area contributed by atoms with E-state index in [1.807, 2.05) is 22.7 Å². The number of nitrogens with zero attached hydrogens (tertiary/aromatic N) is 2. The number of aromatic nitrogens is 2. The van der Waals surface area contributed by atoms with Gasteiger partial charge in [0.25, 0.3) is 0 Å². The summed E-state index contributed by atoms with van der Waals surface area (Å²) < 4.78 is 8.09. The summed E-state index contributed by atoms with van der Waals surface area (Å²) in [5, 5.41) is 2.32. The van der Waals surface area contributed by atoms with Crippen LogP contribution in [0.25, 0.3) is 40.2 Å². The van der Waals surface area contributed by atoms with Gasteiger partial charge in [-0.1, -0.05) is 26.7 Å². The molecule has 0 atom stereocenters. The number of benzene rings is 1. The van der Waals surface area contributed by atoms with E-state index >= 15 is 0 Å². The number of thiophene rings is 2. The molecule has 0 bridgehead atoms. The molecule has 2 nitrogen and oxygen atoms in total. The average molecular weight is 1180 g/mol. The monoisotopic (exact) mass is 1180 g/mol. The first-order valence-electron chi connectivity index (χ1n) is 22.2. The van der Waals surface area contributed by atoms with Crippen LogP contribution in [0.3, 0.4) is 0 Å². The van der Waals surface area contributed by atoms with Gasteiger partial charge in [-0.2, -0.15) is 0 Å². The Balaban J connectivity index is 1.28. The SMILES string of the molecule is CCCCCCCCCCCCc1cc(-c2nc3c(Br)c4sc(-c5cc(CCCCCCCCCCCC)[c]([Sn]([CH3])([CH3])[CH3])s5)nc4c(Br)c3s2)s[c]1[Sn]([CH3])([CH3])[CH3]. The first-order valence-corrected chi connectivity index (χ1v) is 47.0. The summed E-state index contributed by atoms with van der Waals surface area (Å²) in [6.45, 7) is 4.61. The van der Waals surface area contributed by atoms with Crippen LogP contribution in [-0.2, 0) is 12.8 Å². The number of aryl methyl sites for hydroxylation is 2. The minimum atomic E-state index is -2.30. The summed E-state index contributed by atoms with van der Waals surface area (Å²) in [4.78, 5) is 28.9. The van der Waals surface area contributed by atoms with Gasteiger partial charge in [0, 0.05) is 0 Å². The third-order valence-corrected chi connectivity index (χ3v) is 37.2. The van der Waals surface area contributed by atoms with E-state index in [1.165, 1.54) is 160 Å². The molecule has 0 unspecified atom stereocenters. The normalized spacial score (nSPS) is 12.6. The Labute approximate surface area is 382 Å². The Morgan fingerprint density at radius 2 is 0.750 bits per heavy atom. The van der Waals surface area contributed by atoms with Crippen molar-refractivity contribution in [2.75, 3.05) is 0 Å². The predicted molar refractivity (Wildman–Crippen MR) is 272 cm³/mol. The zero-order valence-electron chi connectivity index (χ0n) is 36.0. The standard InChI is InChI=1S/C40H52Br2N2S4.6CH3.2Sn/c1-3-5-7-9-11-13-15-17-19-21-23-29-25-31(45-27-29)39-43-35-33(41)38-36(34(42)37(35)47-39)44-40(48-38)32-26-30(28-46-32)24-22-20-18-16-14-12-10-8-6-4-2;;;;;;;;/h25-26H,3-24H2,1-2H3;6*1H3;;. The van der Waals surface area contributed by atoms with Crippen molar-refractivity contribution in [2.24, 2.45) is 0 Å². The number of hydrogen-bond donors (Lipinski definition) is 0. The molecular formula is C46H70Br2N2S4Sn2. The van der Waals surface area contributed by atoms with E-state index in [1.54, 1.807) is 16.9 Å².